The quantitative estimate of drug-likeness (QED) is 0.886. The van der Waals surface area contributed by atoms with Crippen molar-refractivity contribution in [2.45, 2.75) is 12.5 Å². The van der Waals surface area contributed by atoms with Gasteiger partial charge in [-0.2, -0.15) is 5.10 Å². The predicted molar refractivity (Wildman–Crippen MR) is 79.3 cm³/mol. The molecule has 1 amide bonds. The van der Waals surface area contributed by atoms with E-state index in [0.717, 1.165) is 5.69 Å². The van der Waals surface area contributed by atoms with Crippen molar-refractivity contribution in [1.82, 2.24) is 19.7 Å². The van der Waals surface area contributed by atoms with E-state index in [-0.39, 0.29) is 18.9 Å². The number of rotatable bonds is 4. The van der Waals surface area contributed by atoms with Gasteiger partial charge in [0.05, 0.1) is 24.8 Å². The van der Waals surface area contributed by atoms with Crippen molar-refractivity contribution >= 4 is 11.9 Å². The second-order valence-electron chi connectivity index (χ2n) is 5.23. The molecule has 0 unspecified atom stereocenters. The van der Waals surface area contributed by atoms with Gasteiger partial charge in [-0.25, -0.2) is 9.67 Å². The number of nitrogens with zero attached hydrogens (tertiary/aromatic N) is 4. The Morgan fingerprint density at radius 2 is 2.09 bits per heavy atom. The van der Waals surface area contributed by atoms with Crippen LogP contribution in [0.5, 0.6) is 0 Å². The molecule has 1 aliphatic heterocycles. The summed E-state index contributed by atoms with van der Waals surface area (Å²) in [5, 5.41) is 12.9. The Balaban J connectivity index is 1.69. The molecule has 1 atom stereocenters. The third kappa shape index (κ3) is 3.54. The number of carboxylic acids is 1. The van der Waals surface area contributed by atoms with Crippen molar-refractivity contribution in [2.75, 3.05) is 19.7 Å². The molecule has 1 N–H and O–H groups in total. The first kappa shape index (κ1) is 15.2. The van der Waals surface area contributed by atoms with Crippen LogP contribution in [0.4, 0.5) is 0 Å². The van der Waals surface area contributed by atoms with E-state index in [0.29, 0.717) is 18.7 Å². The SMILES string of the molecule is O=C(O)C[C@@H]1CN(C(=O)c2ccc(-n3cncn3)cc2)CCO1. The Labute approximate surface area is 132 Å². The summed E-state index contributed by atoms with van der Waals surface area (Å²) in [6, 6.07) is 7.02. The molecular formula is C15H16N4O4. The van der Waals surface area contributed by atoms with Crippen LogP contribution < -0.4 is 0 Å². The molecule has 8 nitrogen and oxygen atoms in total. The van der Waals surface area contributed by atoms with Crippen LogP contribution in [-0.2, 0) is 9.53 Å². The van der Waals surface area contributed by atoms with Crippen LogP contribution in [0.3, 0.4) is 0 Å². The molecule has 1 aromatic carbocycles. The van der Waals surface area contributed by atoms with Crippen LogP contribution in [0, 0.1) is 0 Å². The fourth-order valence-electron chi connectivity index (χ4n) is 2.50. The van der Waals surface area contributed by atoms with Crippen molar-refractivity contribution in [2.24, 2.45) is 0 Å². The number of carbonyl (C=O) groups excluding carboxylic acids is 1. The molecule has 23 heavy (non-hydrogen) atoms. The van der Waals surface area contributed by atoms with Crippen molar-refractivity contribution in [3.05, 3.63) is 42.5 Å². The van der Waals surface area contributed by atoms with E-state index in [2.05, 4.69) is 10.1 Å². The molecule has 0 aliphatic carbocycles. The fourth-order valence-corrected chi connectivity index (χ4v) is 2.50. The normalized spacial score (nSPS) is 17.9. The number of carbonyl (C=O) groups is 2. The molecule has 1 saturated heterocycles. The monoisotopic (exact) mass is 316 g/mol. The van der Waals surface area contributed by atoms with Gasteiger partial charge in [-0.3, -0.25) is 9.59 Å². The number of benzene rings is 1. The Hall–Kier alpha value is -2.74. The molecule has 0 bridgehead atoms. The van der Waals surface area contributed by atoms with Gasteiger partial charge in [0.15, 0.2) is 0 Å². The van der Waals surface area contributed by atoms with Gasteiger partial charge >= 0.3 is 5.97 Å². The second-order valence-corrected chi connectivity index (χ2v) is 5.23. The molecule has 2 heterocycles. The summed E-state index contributed by atoms with van der Waals surface area (Å²) < 4.78 is 6.98. The fraction of sp³-hybridized carbons (Fsp3) is 0.333. The van der Waals surface area contributed by atoms with Crippen LogP contribution in [-0.4, -0.2) is 62.4 Å². The number of carboxylic acid groups (broad SMARTS) is 1. The number of morpholine rings is 1. The van der Waals surface area contributed by atoms with Gasteiger partial charge in [-0.1, -0.05) is 0 Å². The van der Waals surface area contributed by atoms with Crippen molar-refractivity contribution < 1.29 is 19.4 Å². The number of hydrogen-bond acceptors (Lipinski definition) is 5. The lowest BCUT2D eigenvalue weighted by Gasteiger charge is -2.32. The first-order valence-electron chi connectivity index (χ1n) is 7.21. The zero-order chi connectivity index (χ0) is 16.2. The van der Waals surface area contributed by atoms with Crippen LogP contribution in [0.25, 0.3) is 5.69 Å². The van der Waals surface area contributed by atoms with Gasteiger partial charge < -0.3 is 14.7 Å². The van der Waals surface area contributed by atoms with E-state index < -0.39 is 12.1 Å². The maximum absolute atomic E-state index is 12.5. The van der Waals surface area contributed by atoms with Crippen LogP contribution in [0.15, 0.2) is 36.9 Å². The van der Waals surface area contributed by atoms with Crippen molar-refractivity contribution in [3.8, 4) is 5.69 Å². The molecule has 120 valence electrons. The van der Waals surface area contributed by atoms with Crippen molar-refractivity contribution in [3.63, 3.8) is 0 Å². The number of amides is 1. The van der Waals surface area contributed by atoms with E-state index in [1.165, 1.54) is 6.33 Å². The van der Waals surface area contributed by atoms with Crippen LogP contribution in [0.2, 0.25) is 0 Å². The molecule has 2 aromatic rings. The number of ether oxygens (including phenoxy) is 1. The molecule has 1 aliphatic rings. The van der Waals surface area contributed by atoms with Gasteiger partial charge in [0.25, 0.3) is 5.91 Å². The number of hydrogen-bond donors (Lipinski definition) is 1. The van der Waals surface area contributed by atoms with E-state index in [1.807, 2.05) is 0 Å². The molecule has 3 rings (SSSR count). The van der Waals surface area contributed by atoms with Crippen LogP contribution >= 0.6 is 0 Å². The summed E-state index contributed by atoms with van der Waals surface area (Å²) in [6.45, 7) is 1.09. The van der Waals surface area contributed by atoms with Gasteiger partial charge in [0.1, 0.15) is 12.7 Å². The second kappa shape index (κ2) is 6.57. The summed E-state index contributed by atoms with van der Waals surface area (Å²) >= 11 is 0. The topological polar surface area (TPSA) is 97.6 Å². The highest BCUT2D eigenvalue weighted by Crippen LogP contribution is 2.14. The Kier molecular flexibility index (Phi) is 4.33. The third-order valence-electron chi connectivity index (χ3n) is 3.63. The van der Waals surface area contributed by atoms with E-state index in [4.69, 9.17) is 9.84 Å². The van der Waals surface area contributed by atoms with Gasteiger partial charge in [0.2, 0.25) is 0 Å². The minimum absolute atomic E-state index is 0.102. The van der Waals surface area contributed by atoms with Gasteiger partial charge in [0, 0.05) is 18.7 Å². The molecule has 0 spiro atoms. The zero-order valence-electron chi connectivity index (χ0n) is 12.3. The lowest BCUT2D eigenvalue weighted by molar-refractivity contribution is -0.141. The van der Waals surface area contributed by atoms with Crippen LogP contribution in [0.1, 0.15) is 16.8 Å². The minimum Gasteiger partial charge on any atom is -0.481 e. The predicted octanol–water partition coefficient (Wildman–Crippen LogP) is 0.583. The average molecular weight is 316 g/mol. The Morgan fingerprint density at radius 3 is 2.74 bits per heavy atom. The summed E-state index contributed by atoms with van der Waals surface area (Å²) in [4.78, 5) is 28.8. The lowest BCUT2D eigenvalue weighted by Crippen LogP contribution is -2.46. The number of aliphatic carboxylic acids is 1. The first-order chi connectivity index (χ1) is 11.1. The maximum atomic E-state index is 12.5. The maximum Gasteiger partial charge on any atom is 0.306 e. The molecule has 0 radical (unpaired) electrons. The third-order valence-corrected chi connectivity index (χ3v) is 3.63. The molecule has 0 saturated carbocycles. The lowest BCUT2D eigenvalue weighted by atomic mass is 10.1. The minimum atomic E-state index is -0.929. The summed E-state index contributed by atoms with van der Waals surface area (Å²) in [7, 11) is 0. The molecule has 1 fully saturated rings. The summed E-state index contributed by atoms with van der Waals surface area (Å²) in [5.74, 6) is -1.06. The zero-order valence-corrected chi connectivity index (χ0v) is 12.3. The smallest absolute Gasteiger partial charge is 0.306 e. The largest absolute Gasteiger partial charge is 0.481 e. The Morgan fingerprint density at radius 1 is 1.30 bits per heavy atom. The highest BCUT2D eigenvalue weighted by molar-refractivity contribution is 5.94. The molecular weight excluding hydrogens is 300 g/mol. The molecule has 8 heteroatoms. The standard InChI is InChI=1S/C15H16N4O4/c20-14(21)7-13-8-18(5-6-23-13)15(22)11-1-3-12(4-2-11)19-10-16-9-17-19/h1-4,9-10,13H,5-8H2,(H,20,21)/t13-/m1/s1. The summed E-state index contributed by atoms with van der Waals surface area (Å²) in [5.41, 5.74) is 1.36. The first-order valence-corrected chi connectivity index (χ1v) is 7.21. The molecule has 1 aromatic heterocycles. The van der Waals surface area contributed by atoms with Gasteiger partial charge in [-0.05, 0) is 24.3 Å². The average Bonchev–Trinajstić information content (AvgIpc) is 3.08. The summed E-state index contributed by atoms with van der Waals surface area (Å²) in [6.07, 6.45) is 2.46. The van der Waals surface area contributed by atoms with E-state index in [1.54, 1.807) is 40.2 Å². The van der Waals surface area contributed by atoms with Crippen molar-refractivity contribution in [1.29, 1.82) is 0 Å². The Bertz CT molecular complexity index is 684. The van der Waals surface area contributed by atoms with E-state index >= 15 is 0 Å². The van der Waals surface area contributed by atoms with E-state index in [9.17, 15) is 9.59 Å². The highest BCUT2D eigenvalue weighted by atomic mass is 16.5. The van der Waals surface area contributed by atoms with Gasteiger partial charge in [-0.15, -0.1) is 0 Å². The number of aromatic nitrogens is 3. The highest BCUT2D eigenvalue weighted by Gasteiger charge is 2.26.